The van der Waals surface area contributed by atoms with Gasteiger partial charge in [-0.05, 0) is 24.6 Å². The Bertz CT molecular complexity index is 1070. The van der Waals surface area contributed by atoms with Gasteiger partial charge in [-0.1, -0.05) is 42.0 Å². The van der Waals surface area contributed by atoms with Crippen LogP contribution >= 0.6 is 0 Å². The second kappa shape index (κ2) is 6.83. The molecule has 0 bridgehead atoms. The number of fused-ring (bicyclic) bond motifs is 3. The number of ether oxygens (including phenoxy) is 1. The number of hydrogen-bond acceptors (Lipinski definition) is 3. The lowest BCUT2D eigenvalue weighted by Crippen LogP contribution is -2.38. The number of aromatic nitrogens is 3. The molecule has 0 atom stereocenters. The number of imidazole rings is 2. The van der Waals surface area contributed by atoms with Gasteiger partial charge in [0.2, 0.25) is 5.78 Å². The highest BCUT2D eigenvalue weighted by molar-refractivity contribution is 5.81. The normalized spacial score (nSPS) is 15.7. The van der Waals surface area contributed by atoms with Gasteiger partial charge >= 0.3 is 0 Å². The van der Waals surface area contributed by atoms with Gasteiger partial charge in [0, 0.05) is 32.4 Å². The van der Waals surface area contributed by atoms with Crippen molar-refractivity contribution in [3.05, 3.63) is 60.3 Å². The third-order valence-corrected chi connectivity index (χ3v) is 5.45. The van der Waals surface area contributed by atoms with Gasteiger partial charge in [-0.3, -0.25) is 9.30 Å². The fraction of sp³-hybridized carbons (Fsp3) is 0.318. The van der Waals surface area contributed by atoms with Gasteiger partial charge in [-0.2, -0.15) is 0 Å². The first-order valence-electron chi connectivity index (χ1n) is 9.63. The van der Waals surface area contributed by atoms with Crippen molar-refractivity contribution in [2.24, 2.45) is 0 Å². The zero-order chi connectivity index (χ0) is 18.2. The Morgan fingerprint density at radius 3 is 2.56 bits per heavy atom. The monoisotopic (exact) mass is 360 g/mol. The Kier molecular flexibility index (Phi) is 4.19. The SMILES string of the molecule is Cc1ccc(-c2cn3c4ccccc4nc3n2CCN2CCOCC2)cc1. The molecular formula is C22H24N4O. The standard InChI is InChI=1S/C22H24N4O/c1-17-6-8-18(9-7-17)21-16-26-20-5-3-2-4-19(20)23-22(26)25(21)11-10-24-12-14-27-15-13-24/h2-9,16H,10-15H2,1H3. The molecule has 1 aliphatic rings. The van der Waals surface area contributed by atoms with Crippen molar-refractivity contribution in [2.45, 2.75) is 13.5 Å². The van der Waals surface area contributed by atoms with Crippen LogP contribution in [0.2, 0.25) is 0 Å². The molecule has 0 aliphatic carbocycles. The van der Waals surface area contributed by atoms with E-state index in [2.05, 4.69) is 69.5 Å². The van der Waals surface area contributed by atoms with Crippen LogP contribution in [0, 0.1) is 6.92 Å². The number of rotatable bonds is 4. The van der Waals surface area contributed by atoms with Gasteiger partial charge in [-0.15, -0.1) is 0 Å². The summed E-state index contributed by atoms with van der Waals surface area (Å²) in [5.41, 5.74) is 5.93. The summed E-state index contributed by atoms with van der Waals surface area (Å²) in [5, 5.41) is 0. The van der Waals surface area contributed by atoms with Crippen LogP contribution in [0.3, 0.4) is 0 Å². The van der Waals surface area contributed by atoms with E-state index in [4.69, 9.17) is 9.72 Å². The van der Waals surface area contributed by atoms with E-state index in [1.54, 1.807) is 0 Å². The van der Waals surface area contributed by atoms with Crippen molar-refractivity contribution in [3.8, 4) is 11.3 Å². The number of benzene rings is 2. The molecule has 0 spiro atoms. The lowest BCUT2D eigenvalue weighted by atomic mass is 10.1. The average molecular weight is 360 g/mol. The van der Waals surface area contributed by atoms with Crippen LogP contribution in [0.15, 0.2) is 54.7 Å². The van der Waals surface area contributed by atoms with Gasteiger partial charge < -0.3 is 9.30 Å². The molecule has 5 heteroatoms. The Morgan fingerprint density at radius 1 is 0.963 bits per heavy atom. The number of morpholine rings is 1. The van der Waals surface area contributed by atoms with Crippen LogP contribution in [0.5, 0.6) is 0 Å². The maximum atomic E-state index is 5.49. The molecule has 0 N–H and O–H groups in total. The third kappa shape index (κ3) is 3.03. The highest BCUT2D eigenvalue weighted by Gasteiger charge is 2.17. The molecule has 4 aromatic rings. The van der Waals surface area contributed by atoms with Crippen LogP contribution in [0.25, 0.3) is 28.1 Å². The van der Waals surface area contributed by atoms with Crippen LogP contribution in [-0.2, 0) is 11.3 Å². The molecular weight excluding hydrogens is 336 g/mol. The second-order valence-electron chi connectivity index (χ2n) is 7.26. The van der Waals surface area contributed by atoms with Gasteiger partial charge in [0.1, 0.15) is 0 Å². The van der Waals surface area contributed by atoms with Crippen LogP contribution in [-0.4, -0.2) is 51.7 Å². The fourth-order valence-corrected chi connectivity index (χ4v) is 3.89. The van der Waals surface area contributed by atoms with E-state index >= 15 is 0 Å². The Balaban J connectivity index is 1.59. The third-order valence-electron chi connectivity index (χ3n) is 5.45. The second-order valence-corrected chi connectivity index (χ2v) is 7.26. The van der Waals surface area contributed by atoms with Gasteiger partial charge in [0.05, 0.1) is 29.9 Å². The Labute approximate surface area is 158 Å². The zero-order valence-electron chi connectivity index (χ0n) is 15.6. The molecule has 2 aromatic carbocycles. The predicted molar refractivity (Wildman–Crippen MR) is 108 cm³/mol. The minimum Gasteiger partial charge on any atom is -0.379 e. The van der Waals surface area contributed by atoms with Crippen molar-refractivity contribution in [1.29, 1.82) is 0 Å². The number of para-hydroxylation sites is 2. The molecule has 138 valence electrons. The fourth-order valence-electron chi connectivity index (χ4n) is 3.89. The van der Waals surface area contributed by atoms with E-state index in [0.29, 0.717) is 0 Å². The summed E-state index contributed by atoms with van der Waals surface area (Å²) in [7, 11) is 0. The molecule has 1 fully saturated rings. The first-order valence-corrected chi connectivity index (χ1v) is 9.63. The summed E-state index contributed by atoms with van der Waals surface area (Å²) in [6, 6.07) is 17.1. The molecule has 27 heavy (non-hydrogen) atoms. The van der Waals surface area contributed by atoms with Gasteiger partial charge in [0.15, 0.2) is 0 Å². The predicted octanol–water partition coefficient (Wildman–Crippen LogP) is 3.60. The van der Waals surface area contributed by atoms with Crippen molar-refractivity contribution >= 4 is 16.8 Å². The molecule has 0 amide bonds. The molecule has 5 rings (SSSR count). The summed E-state index contributed by atoms with van der Waals surface area (Å²) in [6.07, 6.45) is 2.23. The number of nitrogens with zero attached hydrogens (tertiary/aromatic N) is 4. The molecule has 0 radical (unpaired) electrons. The Hall–Kier alpha value is -2.63. The molecule has 1 saturated heterocycles. The summed E-state index contributed by atoms with van der Waals surface area (Å²) in [6.45, 7) is 7.74. The first-order chi connectivity index (χ1) is 13.3. The Morgan fingerprint density at radius 2 is 1.74 bits per heavy atom. The van der Waals surface area contributed by atoms with Crippen molar-refractivity contribution < 1.29 is 4.74 Å². The number of hydrogen-bond donors (Lipinski definition) is 0. The topological polar surface area (TPSA) is 34.7 Å². The van der Waals surface area contributed by atoms with Gasteiger partial charge in [0.25, 0.3) is 0 Å². The zero-order valence-corrected chi connectivity index (χ0v) is 15.6. The molecule has 1 aliphatic heterocycles. The maximum Gasteiger partial charge on any atom is 0.215 e. The van der Waals surface area contributed by atoms with E-state index in [9.17, 15) is 0 Å². The summed E-state index contributed by atoms with van der Waals surface area (Å²) < 4.78 is 10.1. The lowest BCUT2D eigenvalue weighted by Gasteiger charge is -2.26. The quantitative estimate of drug-likeness (QED) is 0.558. The summed E-state index contributed by atoms with van der Waals surface area (Å²) in [4.78, 5) is 7.40. The van der Waals surface area contributed by atoms with E-state index in [0.717, 1.165) is 56.2 Å². The summed E-state index contributed by atoms with van der Waals surface area (Å²) in [5.74, 6) is 1.01. The van der Waals surface area contributed by atoms with E-state index in [1.165, 1.54) is 16.8 Å². The van der Waals surface area contributed by atoms with Crippen LogP contribution in [0.1, 0.15) is 5.56 Å². The molecule has 2 aromatic heterocycles. The molecule has 3 heterocycles. The van der Waals surface area contributed by atoms with Crippen LogP contribution < -0.4 is 0 Å². The highest BCUT2D eigenvalue weighted by Crippen LogP contribution is 2.27. The molecule has 5 nitrogen and oxygen atoms in total. The maximum absolute atomic E-state index is 5.49. The molecule has 0 saturated carbocycles. The van der Waals surface area contributed by atoms with E-state index in [-0.39, 0.29) is 0 Å². The van der Waals surface area contributed by atoms with Crippen molar-refractivity contribution in [3.63, 3.8) is 0 Å². The minimum absolute atomic E-state index is 0.833. The van der Waals surface area contributed by atoms with Crippen LogP contribution in [0.4, 0.5) is 0 Å². The largest absolute Gasteiger partial charge is 0.379 e. The van der Waals surface area contributed by atoms with Crippen molar-refractivity contribution in [1.82, 2.24) is 18.9 Å². The minimum atomic E-state index is 0.833. The summed E-state index contributed by atoms with van der Waals surface area (Å²) >= 11 is 0. The van der Waals surface area contributed by atoms with E-state index < -0.39 is 0 Å². The van der Waals surface area contributed by atoms with Crippen molar-refractivity contribution in [2.75, 3.05) is 32.8 Å². The average Bonchev–Trinajstić information content (AvgIpc) is 3.24. The van der Waals surface area contributed by atoms with Gasteiger partial charge in [-0.25, -0.2) is 4.98 Å². The smallest absolute Gasteiger partial charge is 0.215 e. The number of aryl methyl sites for hydroxylation is 1. The highest BCUT2D eigenvalue weighted by atomic mass is 16.5. The first kappa shape index (κ1) is 16.5. The molecule has 0 unspecified atom stereocenters. The lowest BCUT2D eigenvalue weighted by molar-refractivity contribution is 0.0365. The van der Waals surface area contributed by atoms with E-state index in [1.807, 2.05) is 6.07 Å².